The van der Waals surface area contributed by atoms with E-state index in [4.69, 9.17) is 14.6 Å². The lowest BCUT2D eigenvalue weighted by Gasteiger charge is -2.27. The summed E-state index contributed by atoms with van der Waals surface area (Å²) in [5.74, 6) is 0.632. The molecule has 1 aliphatic carbocycles. The lowest BCUT2D eigenvalue weighted by Crippen LogP contribution is -2.34. The Morgan fingerprint density at radius 2 is 1.86 bits per heavy atom. The Kier molecular flexibility index (Phi) is 5.44. The first kappa shape index (κ1) is 15.6. The molecule has 0 radical (unpaired) electrons. The second-order valence-electron chi connectivity index (χ2n) is 5.46. The summed E-state index contributed by atoms with van der Waals surface area (Å²) in [7, 11) is 3.25. The Balaban J connectivity index is 1.85. The van der Waals surface area contributed by atoms with Crippen molar-refractivity contribution in [2.75, 3.05) is 14.2 Å². The molecule has 21 heavy (non-hydrogen) atoms. The van der Waals surface area contributed by atoms with Gasteiger partial charge in [0.2, 0.25) is 0 Å². The van der Waals surface area contributed by atoms with Crippen LogP contribution in [0.4, 0.5) is 0 Å². The Labute approximate surface area is 125 Å². The first-order valence-electron chi connectivity index (χ1n) is 7.31. The summed E-state index contributed by atoms with van der Waals surface area (Å²) < 4.78 is 10.5. The third-order valence-electron chi connectivity index (χ3n) is 4.12. The van der Waals surface area contributed by atoms with Crippen molar-refractivity contribution >= 4 is 5.97 Å². The van der Waals surface area contributed by atoms with Gasteiger partial charge >= 0.3 is 5.97 Å². The van der Waals surface area contributed by atoms with E-state index in [2.05, 4.69) is 5.32 Å². The predicted molar refractivity (Wildman–Crippen MR) is 79.8 cm³/mol. The molecule has 0 spiro atoms. The molecule has 0 atom stereocenters. The standard InChI is InChI=1S/C16H23NO4/c1-20-14-8-3-11(9-15(14)21-2)10-17-13-6-4-12(5-7-13)16(18)19/h3,8-9,12-13,17H,4-7,10H2,1-2H3,(H,18,19). The molecule has 0 aliphatic heterocycles. The molecule has 5 nitrogen and oxygen atoms in total. The van der Waals surface area contributed by atoms with Gasteiger partial charge in [-0.1, -0.05) is 6.07 Å². The smallest absolute Gasteiger partial charge is 0.306 e. The Morgan fingerprint density at radius 1 is 1.19 bits per heavy atom. The van der Waals surface area contributed by atoms with E-state index in [0.29, 0.717) is 6.04 Å². The summed E-state index contributed by atoms with van der Waals surface area (Å²) in [4.78, 5) is 10.9. The number of carboxylic acid groups (broad SMARTS) is 1. The summed E-state index contributed by atoms with van der Waals surface area (Å²) in [6.45, 7) is 0.753. The molecular weight excluding hydrogens is 270 g/mol. The minimum atomic E-state index is -0.659. The second kappa shape index (κ2) is 7.31. The molecule has 1 aliphatic rings. The number of benzene rings is 1. The summed E-state index contributed by atoms with van der Waals surface area (Å²) in [5.41, 5.74) is 1.13. The van der Waals surface area contributed by atoms with Gasteiger partial charge in [0, 0.05) is 12.6 Å². The number of rotatable bonds is 6. The highest BCUT2D eigenvalue weighted by atomic mass is 16.5. The molecule has 0 unspecified atom stereocenters. The minimum Gasteiger partial charge on any atom is -0.493 e. The number of aliphatic carboxylic acids is 1. The topological polar surface area (TPSA) is 67.8 Å². The van der Waals surface area contributed by atoms with Crippen molar-refractivity contribution in [3.63, 3.8) is 0 Å². The molecule has 1 fully saturated rings. The number of nitrogens with one attached hydrogen (secondary N) is 1. The van der Waals surface area contributed by atoms with Gasteiger partial charge in [-0.05, 0) is 43.4 Å². The van der Waals surface area contributed by atoms with Crippen LogP contribution < -0.4 is 14.8 Å². The van der Waals surface area contributed by atoms with Crippen molar-refractivity contribution in [3.05, 3.63) is 23.8 Å². The average Bonchev–Trinajstić information content (AvgIpc) is 2.52. The van der Waals surface area contributed by atoms with E-state index in [1.165, 1.54) is 0 Å². The van der Waals surface area contributed by atoms with E-state index in [1.807, 2.05) is 18.2 Å². The number of methoxy groups -OCH3 is 2. The fourth-order valence-electron chi connectivity index (χ4n) is 2.80. The first-order chi connectivity index (χ1) is 10.1. The normalized spacial score (nSPS) is 21.8. The van der Waals surface area contributed by atoms with Crippen molar-refractivity contribution in [1.82, 2.24) is 5.32 Å². The maximum atomic E-state index is 10.9. The van der Waals surface area contributed by atoms with Crippen LogP contribution in [0.25, 0.3) is 0 Å². The van der Waals surface area contributed by atoms with E-state index in [9.17, 15) is 4.79 Å². The van der Waals surface area contributed by atoms with Crippen LogP contribution in [-0.4, -0.2) is 31.3 Å². The number of hydrogen-bond acceptors (Lipinski definition) is 4. The van der Waals surface area contributed by atoms with E-state index in [-0.39, 0.29) is 5.92 Å². The summed E-state index contributed by atoms with van der Waals surface area (Å²) in [6, 6.07) is 6.28. The second-order valence-corrected chi connectivity index (χ2v) is 5.46. The number of ether oxygens (including phenoxy) is 2. The molecule has 0 aromatic heterocycles. The van der Waals surface area contributed by atoms with Crippen LogP contribution in [0.5, 0.6) is 11.5 Å². The summed E-state index contributed by atoms with van der Waals surface area (Å²) in [5, 5.41) is 12.5. The lowest BCUT2D eigenvalue weighted by atomic mass is 9.86. The Hall–Kier alpha value is -1.75. The average molecular weight is 293 g/mol. The van der Waals surface area contributed by atoms with E-state index < -0.39 is 5.97 Å². The fourth-order valence-corrected chi connectivity index (χ4v) is 2.80. The number of carboxylic acids is 1. The molecule has 116 valence electrons. The van der Waals surface area contributed by atoms with Gasteiger partial charge in [-0.25, -0.2) is 0 Å². The maximum Gasteiger partial charge on any atom is 0.306 e. The highest BCUT2D eigenvalue weighted by Crippen LogP contribution is 2.28. The number of hydrogen-bond donors (Lipinski definition) is 2. The van der Waals surface area contributed by atoms with Gasteiger partial charge in [0.15, 0.2) is 11.5 Å². The van der Waals surface area contributed by atoms with Crippen LogP contribution in [0.15, 0.2) is 18.2 Å². The van der Waals surface area contributed by atoms with Gasteiger partial charge in [0.1, 0.15) is 0 Å². The molecule has 2 rings (SSSR count). The fraction of sp³-hybridized carbons (Fsp3) is 0.562. The molecule has 0 heterocycles. The molecule has 1 aromatic carbocycles. The van der Waals surface area contributed by atoms with Crippen molar-refractivity contribution in [3.8, 4) is 11.5 Å². The van der Waals surface area contributed by atoms with Gasteiger partial charge in [-0.3, -0.25) is 4.79 Å². The molecule has 5 heteroatoms. The molecule has 1 saturated carbocycles. The Morgan fingerprint density at radius 3 is 2.43 bits per heavy atom. The third kappa shape index (κ3) is 4.11. The quantitative estimate of drug-likeness (QED) is 0.843. The lowest BCUT2D eigenvalue weighted by molar-refractivity contribution is -0.142. The first-order valence-corrected chi connectivity index (χ1v) is 7.31. The van der Waals surface area contributed by atoms with Crippen LogP contribution in [0.3, 0.4) is 0 Å². The van der Waals surface area contributed by atoms with E-state index in [0.717, 1.165) is 49.3 Å². The monoisotopic (exact) mass is 293 g/mol. The van der Waals surface area contributed by atoms with Gasteiger partial charge in [0.05, 0.1) is 20.1 Å². The SMILES string of the molecule is COc1ccc(CNC2CCC(C(=O)O)CC2)cc1OC. The van der Waals surface area contributed by atoms with Gasteiger partial charge < -0.3 is 19.9 Å². The molecule has 0 saturated heterocycles. The van der Waals surface area contributed by atoms with Crippen molar-refractivity contribution in [1.29, 1.82) is 0 Å². The van der Waals surface area contributed by atoms with Gasteiger partial charge in [-0.2, -0.15) is 0 Å². The molecule has 0 amide bonds. The van der Waals surface area contributed by atoms with Crippen LogP contribution >= 0.6 is 0 Å². The zero-order valence-electron chi connectivity index (χ0n) is 12.6. The molecule has 1 aromatic rings. The summed E-state index contributed by atoms with van der Waals surface area (Å²) in [6.07, 6.45) is 3.37. The zero-order valence-corrected chi connectivity index (χ0v) is 12.6. The molecular formula is C16H23NO4. The van der Waals surface area contributed by atoms with Crippen LogP contribution in [0.1, 0.15) is 31.2 Å². The minimum absolute atomic E-state index is 0.163. The highest BCUT2D eigenvalue weighted by Gasteiger charge is 2.25. The Bertz CT molecular complexity index is 481. The molecule has 2 N–H and O–H groups in total. The largest absolute Gasteiger partial charge is 0.493 e. The maximum absolute atomic E-state index is 10.9. The zero-order chi connectivity index (χ0) is 15.2. The van der Waals surface area contributed by atoms with Crippen molar-refractivity contribution in [2.24, 2.45) is 5.92 Å². The van der Waals surface area contributed by atoms with Gasteiger partial charge in [-0.15, -0.1) is 0 Å². The number of carbonyl (C=O) groups is 1. The van der Waals surface area contributed by atoms with Crippen molar-refractivity contribution in [2.45, 2.75) is 38.3 Å². The highest BCUT2D eigenvalue weighted by molar-refractivity contribution is 5.70. The van der Waals surface area contributed by atoms with Crippen LogP contribution in [-0.2, 0) is 11.3 Å². The molecule has 0 bridgehead atoms. The van der Waals surface area contributed by atoms with Crippen LogP contribution in [0, 0.1) is 5.92 Å². The summed E-state index contributed by atoms with van der Waals surface area (Å²) >= 11 is 0. The van der Waals surface area contributed by atoms with Gasteiger partial charge in [0.25, 0.3) is 0 Å². The van der Waals surface area contributed by atoms with E-state index in [1.54, 1.807) is 14.2 Å². The van der Waals surface area contributed by atoms with Crippen molar-refractivity contribution < 1.29 is 19.4 Å². The predicted octanol–water partition coefficient (Wildman–Crippen LogP) is 2.44. The third-order valence-corrected chi connectivity index (χ3v) is 4.12. The van der Waals surface area contributed by atoms with E-state index >= 15 is 0 Å². The van der Waals surface area contributed by atoms with Crippen LogP contribution in [0.2, 0.25) is 0 Å².